The van der Waals surface area contributed by atoms with Crippen LogP contribution in [0.3, 0.4) is 0 Å². The number of pyridine rings is 1. The fourth-order valence-electron chi connectivity index (χ4n) is 10.4. The van der Waals surface area contributed by atoms with Crippen molar-refractivity contribution in [2.24, 2.45) is 0 Å². The van der Waals surface area contributed by atoms with Gasteiger partial charge in [-0.2, -0.15) is 0 Å². The largest absolute Gasteiger partial charge is 0 e. The predicted molar refractivity (Wildman–Crippen MR) is 289 cm³/mol. The summed E-state index contributed by atoms with van der Waals surface area (Å²) in [6, 6.07) is 58.2. The van der Waals surface area contributed by atoms with Crippen LogP contribution in [0.5, 0.6) is 0 Å². The maximum atomic E-state index is 8.44. The van der Waals surface area contributed by atoms with Crippen molar-refractivity contribution < 1.29 is 25.9 Å². The van der Waals surface area contributed by atoms with E-state index in [0.29, 0.717) is 0 Å². The molecule has 4 nitrogen and oxygen atoms in total. The molecular formula is C63H61GeIrN3O-2. The number of furan rings is 1. The minimum atomic E-state index is -2.03. The predicted octanol–water partition coefficient (Wildman–Crippen LogP) is 16.8. The first-order chi connectivity index (χ1) is 32.9. The summed E-state index contributed by atoms with van der Waals surface area (Å²) in [5.41, 5.74) is 18.9. The Morgan fingerprint density at radius 2 is 1.32 bits per heavy atom. The number of nitrogens with zero attached hydrogens (tertiary/aromatic N) is 3. The van der Waals surface area contributed by atoms with E-state index in [1.54, 1.807) is 0 Å². The maximum absolute atomic E-state index is 8.44. The monoisotopic (exact) mass is 1140 g/mol. The summed E-state index contributed by atoms with van der Waals surface area (Å²) in [4.78, 5) is 9.99. The summed E-state index contributed by atoms with van der Waals surface area (Å²) in [5, 5.41) is 2.22. The average molecular weight is 1140 g/mol. The van der Waals surface area contributed by atoms with Crippen molar-refractivity contribution in [2.75, 3.05) is 0 Å². The zero-order valence-electron chi connectivity index (χ0n) is 42.7. The molecule has 0 amide bonds. The van der Waals surface area contributed by atoms with Crippen molar-refractivity contribution in [1.82, 2.24) is 14.5 Å². The van der Waals surface area contributed by atoms with Crippen molar-refractivity contribution >= 4 is 50.6 Å². The summed E-state index contributed by atoms with van der Waals surface area (Å²) in [6.45, 7) is 17.7. The summed E-state index contributed by atoms with van der Waals surface area (Å²) in [6.07, 6.45) is 2.00. The molecule has 1 radical (unpaired) electrons. The molecule has 349 valence electrons. The van der Waals surface area contributed by atoms with Crippen LogP contribution in [-0.2, 0) is 25.5 Å². The van der Waals surface area contributed by atoms with Crippen LogP contribution >= 0.6 is 0 Å². The summed E-state index contributed by atoms with van der Waals surface area (Å²) in [5.74, 6) is 7.86. The average Bonchev–Trinajstić information content (AvgIpc) is 3.99. The van der Waals surface area contributed by atoms with Gasteiger partial charge in [0, 0.05) is 42.2 Å². The summed E-state index contributed by atoms with van der Waals surface area (Å²) >= 11 is -2.03. The van der Waals surface area contributed by atoms with Crippen LogP contribution in [0.1, 0.15) is 102 Å². The second-order valence-corrected chi connectivity index (χ2v) is 31.4. The molecule has 0 fully saturated rings. The van der Waals surface area contributed by atoms with Gasteiger partial charge in [0.25, 0.3) is 0 Å². The van der Waals surface area contributed by atoms with Crippen LogP contribution < -0.4 is 4.40 Å². The van der Waals surface area contributed by atoms with Crippen LogP contribution in [0.4, 0.5) is 0 Å². The third-order valence-electron chi connectivity index (χ3n) is 13.9. The van der Waals surface area contributed by atoms with Crippen molar-refractivity contribution in [1.29, 1.82) is 0 Å². The molecule has 0 saturated heterocycles. The number of imidazole rings is 1. The fraction of sp³-hybridized carbons (Fsp3) is 0.238. The van der Waals surface area contributed by atoms with Gasteiger partial charge >= 0.3 is 120 Å². The molecule has 3 heterocycles. The molecule has 11 rings (SSSR count). The van der Waals surface area contributed by atoms with Gasteiger partial charge < -0.3 is 8.98 Å². The Hall–Kier alpha value is -5.85. The van der Waals surface area contributed by atoms with Crippen molar-refractivity contribution in [3.63, 3.8) is 0 Å². The molecule has 0 N–H and O–H groups in total. The van der Waals surface area contributed by atoms with E-state index < -0.39 is 19.2 Å². The third-order valence-corrected chi connectivity index (χ3v) is 18.1. The van der Waals surface area contributed by atoms with Gasteiger partial charge in [0.15, 0.2) is 0 Å². The van der Waals surface area contributed by atoms with E-state index in [-0.39, 0.29) is 37.4 Å². The number of fused-ring (bicyclic) bond motifs is 8. The molecule has 0 spiro atoms. The Bertz CT molecular complexity index is 3530. The molecule has 10 aromatic rings. The zero-order chi connectivity index (χ0) is 48.6. The molecule has 69 heavy (non-hydrogen) atoms. The second kappa shape index (κ2) is 18.8. The van der Waals surface area contributed by atoms with Gasteiger partial charge in [0.2, 0.25) is 0 Å². The molecule has 0 aliphatic heterocycles. The van der Waals surface area contributed by atoms with E-state index in [0.717, 1.165) is 61.2 Å². The van der Waals surface area contributed by atoms with Gasteiger partial charge in [0.05, 0.1) is 22.4 Å². The van der Waals surface area contributed by atoms with Crippen molar-refractivity contribution in [3.8, 4) is 50.6 Å². The summed E-state index contributed by atoms with van der Waals surface area (Å²) in [7, 11) is 0. The van der Waals surface area contributed by atoms with Crippen molar-refractivity contribution in [3.05, 3.63) is 192 Å². The van der Waals surface area contributed by atoms with E-state index >= 15 is 0 Å². The number of hydrogen-bond donors (Lipinski definition) is 0. The second-order valence-electron chi connectivity index (χ2n) is 20.8. The maximum Gasteiger partial charge on any atom is 0 e. The molecule has 7 aromatic carbocycles. The molecule has 1 aliphatic rings. The molecule has 0 atom stereocenters. The third kappa shape index (κ3) is 8.55. The normalized spacial score (nSPS) is 13.3. The minimum Gasteiger partial charge on any atom is 0 e. The number of aromatic nitrogens is 3. The Labute approximate surface area is 426 Å². The summed E-state index contributed by atoms with van der Waals surface area (Å²) < 4.78 is 19.2. The first-order valence-electron chi connectivity index (χ1n) is 24.6. The molecule has 6 heteroatoms. The molecule has 0 saturated carbocycles. The van der Waals surface area contributed by atoms with E-state index in [4.69, 9.17) is 10.8 Å². The van der Waals surface area contributed by atoms with Crippen LogP contribution in [0.15, 0.2) is 156 Å². The zero-order valence-corrected chi connectivity index (χ0v) is 46.2. The Morgan fingerprint density at radius 1 is 0.652 bits per heavy atom. The van der Waals surface area contributed by atoms with Crippen molar-refractivity contribution in [2.45, 2.75) is 95.8 Å². The van der Waals surface area contributed by atoms with Gasteiger partial charge in [-0.25, -0.2) is 0 Å². The van der Waals surface area contributed by atoms with Gasteiger partial charge in [0.1, 0.15) is 5.58 Å². The molecule has 1 aliphatic carbocycles. The van der Waals surface area contributed by atoms with E-state index in [1.165, 1.54) is 54.6 Å². The molecule has 0 bridgehead atoms. The van der Waals surface area contributed by atoms with E-state index in [9.17, 15) is 0 Å². The number of hydrogen-bond acceptors (Lipinski definition) is 3. The topological polar surface area (TPSA) is 43.9 Å². The smallest absolute Gasteiger partial charge is 0 e. The van der Waals surface area contributed by atoms with Gasteiger partial charge in [-0.3, -0.25) is 4.98 Å². The first-order valence-corrected chi connectivity index (χ1v) is 31.5. The first kappa shape index (κ1) is 46.9. The quantitative estimate of drug-likeness (QED) is 0.112. The SMILES string of the molecule is CC(C)c1cc(-c2ccccc2)cc(C(C)C)c1-n1c(-c2[c-]ccc3c2oc2c4c(ccc23)-c2ccccc2C4(C)C)nc2ccccc21.[2H]C(C)(C)c1cc(-c2[c-]cccc2)nc[c]1[Ge]([CH3])([CH3])[CH3].[Ir]. The molecule has 0 unspecified atom stereocenters. The van der Waals surface area contributed by atoms with Gasteiger partial charge in [-0.05, 0) is 75.0 Å². The van der Waals surface area contributed by atoms with Crippen LogP contribution in [0.2, 0.25) is 17.3 Å². The van der Waals surface area contributed by atoms with Gasteiger partial charge in [-0.15, -0.1) is 18.2 Å². The van der Waals surface area contributed by atoms with E-state index in [1.807, 2.05) is 50.4 Å². The number of rotatable bonds is 8. The Balaban J connectivity index is 0.000000244. The van der Waals surface area contributed by atoms with Crippen LogP contribution in [0.25, 0.3) is 83.6 Å². The molecule has 3 aromatic heterocycles. The van der Waals surface area contributed by atoms with Gasteiger partial charge in [-0.1, -0.05) is 131 Å². The van der Waals surface area contributed by atoms with Crippen LogP contribution in [0, 0.1) is 12.1 Å². The van der Waals surface area contributed by atoms with Crippen LogP contribution in [-0.4, -0.2) is 27.8 Å². The standard InChI is InChI=1S/C46H39N2O.C17H22GeN.Ir/c1-27(2)36-25-30(29-15-8-7-9-16-29)26-37(28(3)4)42(36)48-40-22-13-12-21-39(40)47-45(48)35-19-14-18-33-34-24-23-32-31-17-10-11-20-38(31)46(5,6)41(32)44(34)49-43(33)35;1-13(2)15-11-17(14-9-7-6-8-10-14)19-12-16(15)18(3,4)5;/h7-18,20-28H,1-6H3;6-9,11-13H,1-5H3;/q2*-1;/i;13D;. The van der Waals surface area contributed by atoms with E-state index in [2.05, 4.69) is 196 Å². The Kier molecular flexibility index (Phi) is 12.8. The number of para-hydroxylation sites is 2. The minimum absolute atomic E-state index is 0. The number of benzene rings is 7. The Morgan fingerprint density at radius 3 is 2.00 bits per heavy atom. The molecular weight excluding hydrogens is 1080 g/mol. The fourth-order valence-corrected chi connectivity index (χ4v) is 13.7.